The third kappa shape index (κ3) is 5.28. The fraction of sp³-hybridized carbons (Fsp3) is 0.192. The van der Waals surface area contributed by atoms with Crippen molar-refractivity contribution in [1.82, 2.24) is 8.87 Å². The molecule has 0 bridgehead atoms. The van der Waals surface area contributed by atoms with Gasteiger partial charge >= 0.3 is 0 Å². The Morgan fingerprint density at radius 3 is 2.29 bits per heavy atom. The molecular formula is C26H24FN3O3S2. The van der Waals surface area contributed by atoms with Gasteiger partial charge in [-0.25, -0.2) is 17.8 Å². The van der Waals surface area contributed by atoms with Gasteiger partial charge in [-0.05, 0) is 47.5 Å². The standard InChI is InChI=1S/C26H24FN3O3S2/c27-22-8-10-23(11-9-22)28-26-30(18-20-4-2-1-3-5-20)25(19-34-26)21-6-12-24(13-7-21)35(31,32)29-14-16-33-17-15-29/h1-13,19H,14-18H2. The number of hydrogen-bond acceptors (Lipinski definition) is 5. The van der Waals surface area contributed by atoms with E-state index in [-0.39, 0.29) is 10.7 Å². The minimum Gasteiger partial charge on any atom is -0.379 e. The van der Waals surface area contributed by atoms with Gasteiger partial charge in [0.15, 0.2) is 4.80 Å². The van der Waals surface area contributed by atoms with E-state index in [1.165, 1.54) is 27.8 Å². The molecule has 6 nitrogen and oxygen atoms in total. The first-order valence-electron chi connectivity index (χ1n) is 11.2. The zero-order valence-corrected chi connectivity index (χ0v) is 20.5. The fourth-order valence-corrected chi connectivity index (χ4v) is 6.26. The molecule has 0 aliphatic carbocycles. The summed E-state index contributed by atoms with van der Waals surface area (Å²) in [6.45, 7) is 2.13. The second-order valence-electron chi connectivity index (χ2n) is 8.10. The lowest BCUT2D eigenvalue weighted by Crippen LogP contribution is -2.40. The number of hydrogen-bond donors (Lipinski definition) is 0. The molecule has 5 rings (SSSR count). The molecule has 3 aromatic carbocycles. The average molecular weight is 510 g/mol. The van der Waals surface area contributed by atoms with Crippen LogP contribution in [-0.4, -0.2) is 43.6 Å². The summed E-state index contributed by atoms with van der Waals surface area (Å²) in [5.41, 5.74) is 3.58. The topological polar surface area (TPSA) is 63.9 Å². The molecule has 2 heterocycles. The Balaban J connectivity index is 1.52. The van der Waals surface area contributed by atoms with E-state index >= 15 is 0 Å². The number of thiazole rings is 1. The second kappa shape index (κ2) is 10.2. The fourth-order valence-electron chi connectivity index (χ4n) is 3.93. The average Bonchev–Trinajstić information content (AvgIpc) is 3.28. The smallest absolute Gasteiger partial charge is 0.243 e. The SMILES string of the molecule is O=S(=O)(c1ccc(-c2csc(=Nc3ccc(F)cc3)n2Cc2ccccc2)cc1)N1CCOCC1. The molecule has 35 heavy (non-hydrogen) atoms. The largest absolute Gasteiger partial charge is 0.379 e. The van der Waals surface area contributed by atoms with Crippen LogP contribution >= 0.6 is 11.3 Å². The zero-order chi connectivity index (χ0) is 24.3. The van der Waals surface area contributed by atoms with E-state index in [0.29, 0.717) is 38.5 Å². The summed E-state index contributed by atoms with van der Waals surface area (Å²) in [6.07, 6.45) is 0. The molecule has 4 aromatic rings. The van der Waals surface area contributed by atoms with Crippen molar-refractivity contribution < 1.29 is 17.5 Å². The Hall–Kier alpha value is -3.11. The van der Waals surface area contributed by atoms with Gasteiger partial charge < -0.3 is 9.30 Å². The predicted octanol–water partition coefficient (Wildman–Crippen LogP) is 4.66. The third-order valence-electron chi connectivity index (χ3n) is 5.79. The Kier molecular flexibility index (Phi) is 6.92. The highest BCUT2D eigenvalue weighted by atomic mass is 32.2. The summed E-state index contributed by atoms with van der Waals surface area (Å²) in [5.74, 6) is -0.305. The third-order valence-corrected chi connectivity index (χ3v) is 8.57. The lowest BCUT2D eigenvalue weighted by atomic mass is 10.1. The summed E-state index contributed by atoms with van der Waals surface area (Å²) in [5, 5.41) is 2.01. The summed E-state index contributed by atoms with van der Waals surface area (Å²) in [4.78, 5) is 5.78. The van der Waals surface area contributed by atoms with Crippen molar-refractivity contribution in [3.63, 3.8) is 0 Å². The van der Waals surface area contributed by atoms with Crippen LogP contribution in [0.3, 0.4) is 0 Å². The molecule has 1 aliphatic rings. The summed E-state index contributed by atoms with van der Waals surface area (Å²) >= 11 is 1.48. The normalized spacial score (nSPS) is 15.4. The molecule has 1 saturated heterocycles. The summed E-state index contributed by atoms with van der Waals surface area (Å²) in [7, 11) is -3.56. The van der Waals surface area contributed by atoms with Crippen molar-refractivity contribution in [3.05, 3.63) is 100 Å². The maximum atomic E-state index is 13.4. The molecular weight excluding hydrogens is 485 g/mol. The number of sulfonamides is 1. The number of benzene rings is 3. The molecule has 1 fully saturated rings. The van der Waals surface area contributed by atoms with Gasteiger partial charge in [-0.2, -0.15) is 4.31 Å². The first-order chi connectivity index (χ1) is 17.0. The molecule has 1 aliphatic heterocycles. The number of ether oxygens (including phenoxy) is 1. The molecule has 0 radical (unpaired) electrons. The summed E-state index contributed by atoms with van der Waals surface area (Å²) < 4.78 is 48.2. The Morgan fingerprint density at radius 1 is 0.914 bits per heavy atom. The van der Waals surface area contributed by atoms with E-state index in [1.807, 2.05) is 47.8 Å². The van der Waals surface area contributed by atoms with Gasteiger partial charge in [0.1, 0.15) is 5.82 Å². The van der Waals surface area contributed by atoms with Gasteiger partial charge in [0.05, 0.1) is 36.0 Å². The van der Waals surface area contributed by atoms with E-state index < -0.39 is 10.0 Å². The summed E-state index contributed by atoms with van der Waals surface area (Å²) in [6, 6.07) is 23.1. The zero-order valence-electron chi connectivity index (χ0n) is 18.9. The van der Waals surface area contributed by atoms with Crippen LogP contribution in [0, 0.1) is 5.82 Å². The number of aromatic nitrogens is 1. The van der Waals surface area contributed by atoms with Crippen molar-refractivity contribution >= 4 is 27.0 Å². The highest BCUT2D eigenvalue weighted by molar-refractivity contribution is 7.89. The Labute approximate surface area is 207 Å². The molecule has 180 valence electrons. The van der Waals surface area contributed by atoms with E-state index in [4.69, 9.17) is 9.73 Å². The molecule has 0 amide bonds. The number of nitrogens with zero attached hydrogens (tertiary/aromatic N) is 3. The number of halogens is 1. The Morgan fingerprint density at radius 2 is 1.60 bits per heavy atom. The van der Waals surface area contributed by atoms with Gasteiger partial charge in [0.2, 0.25) is 10.0 Å². The minimum atomic E-state index is -3.56. The lowest BCUT2D eigenvalue weighted by molar-refractivity contribution is 0.0730. The maximum absolute atomic E-state index is 13.4. The molecule has 9 heteroatoms. The molecule has 1 aromatic heterocycles. The highest BCUT2D eigenvalue weighted by Crippen LogP contribution is 2.25. The van der Waals surface area contributed by atoms with Crippen LogP contribution in [-0.2, 0) is 21.3 Å². The number of rotatable bonds is 6. The van der Waals surface area contributed by atoms with Crippen LogP contribution in [0.5, 0.6) is 0 Å². The second-order valence-corrected chi connectivity index (χ2v) is 10.9. The van der Waals surface area contributed by atoms with Gasteiger partial charge in [-0.15, -0.1) is 11.3 Å². The first-order valence-corrected chi connectivity index (χ1v) is 13.5. The van der Waals surface area contributed by atoms with Gasteiger partial charge in [0, 0.05) is 18.5 Å². The highest BCUT2D eigenvalue weighted by Gasteiger charge is 2.26. The maximum Gasteiger partial charge on any atom is 0.243 e. The molecule has 0 saturated carbocycles. The van der Waals surface area contributed by atoms with E-state index in [1.54, 1.807) is 24.3 Å². The van der Waals surface area contributed by atoms with E-state index in [0.717, 1.165) is 21.6 Å². The first kappa shape index (κ1) is 23.6. The predicted molar refractivity (Wildman–Crippen MR) is 134 cm³/mol. The lowest BCUT2D eigenvalue weighted by Gasteiger charge is -2.26. The molecule has 0 N–H and O–H groups in total. The van der Waals surface area contributed by atoms with Gasteiger partial charge in [-0.1, -0.05) is 42.5 Å². The Bertz CT molecular complexity index is 1460. The van der Waals surface area contributed by atoms with Crippen molar-refractivity contribution in [2.45, 2.75) is 11.4 Å². The molecule has 0 unspecified atom stereocenters. The minimum absolute atomic E-state index is 0.268. The van der Waals surface area contributed by atoms with Crippen molar-refractivity contribution in [3.8, 4) is 11.3 Å². The number of morpholine rings is 1. The van der Waals surface area contributed by atoms with Crippen LogP contribution in [0.15, 0.2) is 94.1 Å². The van der Waals surface area contributed by atoms with Crippen LogP contribution in [0.2, 0.25) is 0 Å². The van der Waals surface area contributed by atoms with Crippen molar-refractivity contribution in [1.29, 1.82) is 0 Å². The monoisotopic (exact) mass is 509 g/mol. The quantitative estimate of drug-likeness (QED) is 0.380. The van der Waals surface area contributed by atoms with Crippen LogP contribution in [0.4, 0.5) is 10.1 Å². The van der Waals surface area contributed by atoms with Crippen LogP contribution in [0.1, 0.15) is 5.56 Å². The molecule has 0 spiro atoms. The van der Waals surface area contributed by atoms with Crippen LogP contribution < -0.4 is 4.80 Å². The van der Waals surface area contributed by atoms with Crippen LogP contribution in [0.25, 0.3) is 11.3 Å². The van der Waals surface area contributed by atoms with E-state index in [2.05, 4.69) is 4.57 Å². The van der Waals surface area contributed by atoms with Gasteiger partial charge in [0.25, 0.3) is 0 Å². The molecule has 0 atom stereocenters. The van der Waals surface area contributed by atoms with Crippen molar-refractivity contribution in [2.75, 3.05) is 26.3 Å². The van der Waals surface area contributed by atoms with Gasteiger partial charge in [-0.3, -0.25) is 0 Å². The van der Waals surface area contributed by atoms with E-state index in [9.17, 15) is 12.8 Å². The van der Waals surface area contributed by atoms with Crippen molar-refractivity contribution in [2.24, 2.45) is 4.99 Å².